The summed E-state index contributed by atoms with van der Waals surface area (Å²) in [6, 6.07) is 33.7. The summed E-state index contributed by atoms with van der Waals surface area (Å²) in [5.41, 5.74) is 3.56. The van der Waals surface area contributed by atoms with E-state index < -0.39 is 0 Å². The second-order valence-corrected chi connectivity index (χ2v) is 8.21. The second-order valence-electron chi connectivity index (χ2n) is 8.21. The highest BCUT2D eigenvalue weighted by Gasteiger charge is 2.16. The van der Waals surface area contributed by atoms with Gasteiger partial charge >= 0.3 is 0 Å². The summed E-state index contributed by atoms with van der Waals surface area (Å²) in [6.07, 6.45) is 0.810. The van der Waals surface area contributed by atoms with Crippen LogP contribution in [-0.4, -0.2) is 18.4 Å². The van der Waals surface area contributed by atoms with Gasteiger partial charge in [-0.2, -0.15) is 0 Å². The Hall–Kier alpha value is -4.38. The van der Waals surface area contributed by atoms with Gasteiger partial charge in [0, 0.05) is 12.0 Å². The highest BCUT2D eigenvalue weighted by Crippen LogP contribution is 2.20. The molecule has 4 aromatic rings. The van der Waals surface area contributed by atoms with Crippen LogP contribution in [0.2, 0.25) is 0 Å². The van der Waals surface area contributed by atoms with Gasteiger partial charge in [-0.3, -0.25) is 9.59 Å². The fraction of sp³-hybridized carbons (Fsp3) is 0.133. The Morgan fingerprint density at radius 1 is 0.743 bits per heavy atom. The van der Waals surface area contributed by atoms with Crippen molar-refractivity contribution in [2.75, 3.05) is 11.9 Å². The predicted octanol–water partition coefficient (Wildman–Crippen LogP) is 6.05. The Kier molecular flexibility index (Phi) is 7.92. The van der Waals surface area contributed by atoms with Crippen molar-refractivity contribution in [2.45, 2.75) is 19.4 Å². The molecule has 0 aliphatic carbocycles. The van der Waals surface area contributed by atoms with Gasteiger partial charge in [-0.15, -0.1) is 0 Å². The minimum absolute atomic E-state index is 0.165. The highest BCUT2D eigenvalue weighted by atomic mass is 16.5. The van der Waals surface area contributed by atoms with Crippen molar-refractivity contribution < 1.29 is 14.3 Å². The molecule has 0 saturated heterocycles. The summed E-state index contributed by atoms with van der Waals surface area (Å²) in [5, 5.41) is 5.86. The van der Waals surface area contributed by atoms with E-state index in [2.05, 4.69) is 22.8 Å². The topological polar surface area (TPSA) is 67.4 Å². The van der Waals surface area contributed by atoms with E-state index in [0.29, 0.717) is 29.2 Å². The molecule has 0 fully saturated rings. The van der Waals surface area contributed by atoms with E-state index in [9.17, 15) is 9.59 Å². The second kappa shape index (κ2) is 11.7. The van der Waals surface area contributed by atoms with Crippen molar-refractivity contribution in [1.29, 1.82) is 0 Å². The van der Waals surface area contributed by atoms with Crippen molar-refractivity contribution in [2.24, 2.45) is 0 Å². The van der Waals surface area contributed by atoms with E-state index in [4.69, 9.17) is 4.74 Å². The Labute approximate surface area is 205 Å². The summed E-state index contributed by atoms with van der Waals surface area (Å²) in [6.45, 7) is 2.48. The van der Waals surface area contributed by atoms with Crippen LogP contribution in [0.4, 0.5) is 5.69 Å². The van der Waals surface area contributed by atoms with E-state index in [0.717, 1.165) is 12.0 Å². The Balaban J connectivity index is 1.36. The minimum Gasteiger partial charge on any atom is -0.493 e. The molecule has 1 atom stereocenters. The number of carbonyl (C=O) groups excluding carboxylic acids is 2. The molecule has 4 rings (SSSR count). The third-order valence-corrected chi connectivity index (χ3v) is 5.69. The lowest BCUT2D eigenvalue weighted by atomic mass is 10.1. The van der Waals surface area contributed by atoms with Crippen LogP contribution in [0.15, 0.2) is 109 Å². The average Bonchev–Trinajstić information content (AvgIpc) is 2.90. The Bertz CT molecular complexity index is 1260. The molecule has 0 aliphatic rings. The third kappa shape index (κ3) is 6.58. The molecular weight excluding hydrogens is 436 g/mol. The van der Waals surface area contributed by atoms with Crippen LogP contribution in [0.5, 0.6) is 5.75 Å². The van der Waals surface area contributed by atoms with Gasteiger partial charge in [-0.05, 0) is 54.4 Å². The predicted molar refractivity (Wildman–Crippen MR) is 139 cm³/mol. The van der Waals surface area contributed by atoms with Crippen LogP contribution >= 0.6 is 0 Å². The van der Waals surface area contributed by atoms with E-state index in [-0.39, 0.29) is 17.9 Å². The zero-order valence-corrected chi connectivity index (χ0v) is 19.6. The number of carbonyl (C=O) groups is 2. The molecule has 0 aromatic heterocycles. The number of amides is 2. The maximum Gasteiger partial charge on any atom is 0.255 e. The molecular formula is C30H28N2O3. The maximum absolute atomic E-state index is 12.9. The van der Waals surface area contributed by atoms with Gasteiger partial charge in [0.2, 0.25) is 0 Å². The lowest BCUT2D eigenvalue weighted by Gasteiger charge is -2.16. The smallest absolute Gasteiger partial charge is 0.255 e. The number of anilines is 1. The number of rotatable bonds is 9. The molecule has 2 amide bonds. The van der Waals surface area contributed by atoms with E-state index in [1.165, 1.54) is 5.56 Å². The number of benzene rings is 4. The standard InChI is InChI=1S/C30H28N2O3/c1-22(24-12-6-3-7-13-24)31-30(34)27-14-8-9-15-28(27)32-29(33)25-16-18-26(19-17-25)35-21-20-23-10-4-2-5-11-23/h2-19,22H,20-21H2,1H3,(H,31,34)(H,32,33). The Morgan fingerprint density at radius 3 is 2.09 bits per heavy atom. The first-order valence-electron chi connectivity index (χ1n) is 11.6. The molecule has 0 radical (unpaired) electrons. The third-order valence-electron chi connectivity index (χ3n) is 5.69. The summed E-state index contributed by atoms with van der Waals surface area (Å²) in [7, 11) is 0. The van der Waals surface area contributed by atoms with Gasteiger partial charge in [-0.25, -0.2) is 0 Å². The molecule has 0 bridgehead atoms. The fourth-order valence-electron chi connectivity index (χ4n) is 3.72. The zero-order valence-electron chi connectivity index (χ0n) is 19.6. The Morgan fingerprint density at radius 2 is 1.37 bits per heavy atom. The van der Waals surface area contributed by atoms with Gasteiger partial charge < -0.3 is 15.4 Å². The van der Waals surface area contributed by atoms with Crippen LogP contribution in [0.25, 0.3) is 0 Å². The molecule has 2 N–H and O–H groups in total. The van der Waals surface area contributed by atoms with Gasteiger partial charge in [0.15, 0.2) is 0 Å². The van der Waals surface area contributed by atoms with Crippen molar-refractivity contribution in [3.8, 4) is 5.75 Å². The number of ether oxygens (including phenoxy) is 1. The van der Waals surface area contributed by atoms with Crippen molar-refractivity contribution in [3.63, 3.8) is 0 Å². The van der Waals surface area contributed by atoms with Gasteiger partial charge in [0.1, 0.15) is 5.75 Å². The van der Waals surface area contributed by atoms with Crippen LogP contribution in [0.1, 0.15) is 44.8 Å². The molecule has 4 aromatic carbocycles. The summed E-state index contributed by atoms with van der Waals surface area (Å²) >= 11 is 0. The first-order chi connectivity index (χ1) is 17.1. The molecule has 0 aliphatic heterocycles. The molecule has 0 heterocycles. The maximum atomic E-state index is 12.9. The van der Waals surface area contributed by atoms with Gasteiger partial charge in [-0.1, -0.05) is 72.8 Å². The SMILES string of the molecule is CC(NC(=O)c1ccccc1NC(=O)c1ccc(OCCc2ccccc2)cc1)c1ccccc1. The summed E-state index contributed by atoms with van der Waals surface area (Å²) in [5.74, 6) is 0.156. The van der Waals surface area contributed by atoms with E-state index in [1.54, 1.807) is 48.5 Å². The first-order valence-corrected chi connectivity index (χ1v) is 11.6. The van der Waals surface area contributed by atoms with Gasteiger partial charge in [0.05, 0.1) is 23.9 Å². The lowest BCUT2D eigenvalue weighted by Crippen LogP contribution is -2.28. The monoisotopic (exact) mass is 464 g/mol. The number of hydrogen-bond donors (Lipinski definition) is 2. The summed E-state index contributed by atoms with van der Waals surface area (Å²) in [4.78, 5) is 25.8. The van der Waals surface area contributed by atoms with Crippen molar-refractivity contribution in [1.82, 2.24) is 5.32 Å². The molecule has 5 nitrogen and oxygen atoms in total. The van der Waals surface area contributed by atoms with Crippen molar-refractivity contribution >= 4 is 17.5 Å². The number of hydrogen-bond acceptors (Lipinski definition) is 3. The first kappa shape index (κ1) is 23.8. The minimum atomic E-state index is -0.294. The zero-order chi connectivity index (χ0) is 24.5. The molecule has 1 unspecified atom stereocenters. The quantitative estimate of drug-likeness (QED) is 0.317. The van der Waals surface area contributed by atoms with Crippen LogP contribution in [-0.2, 0) is 6.42 Å². The van der Waals surface area contributed by atoms with E-state index >= 15 is 0 Å². The fourth-order valence-corrected chi connectivity index (χ4v) is 3.72. The van der Waals surface area contributed by atoms with Gasteiger partial charge in [0.25, 0.3) is 11.8 Å². The highest BCUT2D eigenvalue weighted by molar-refractivity contribution is 6.09. The molecule has 35 heavy (non-hydrogen) atoms. The molecule has 176 valence electrons. The average molecular weight is 465 g/mol. The number of para-hydroxylation sites is 1. The molecule has 0 saturated carbocycles. The van der Waals surface area contributed by atoms with Crippen molar-refractivity contribution in [3.05, 3.63) is 131 Å². The number of nitrogens with one attached hydrogen (secondary N) is 2. The normalized spacial score (nSPS) is 11.3. The summed E-state index contributed by atoms with van der Waals surface area (Å²) < 4.78 is 5.80. The molecule has 5 heteroatoms. The molecule has 0 spiro atoms. The van der Waals surface area contributed by atoms with Crippen LogP contribution in [0, 0.1) is 0 Å². The lowest BCUT2D eigenvalue weighted by molar-refractivity contribution is 0.0940. The van der Waals surface area contributed by atoms with E-state index in [1.807, 2.05) is 55.5 Å². The van der Waals surface area contributed by atoms with Crippen LogP contribution in [0.3, 0.4) is 0 Å². The largest absolute Gasteiger partial charge is 0.493 e. The van der Waals surface area contributed by atoms with Crippen LogP contribution < -0.4 is 15.4 Å².